The zero-order valence-electron chi connectivity index (χ0n) is 24.5. The van der Waals surface area contributed by atoms with Gasteiger partial charge < -0.3 is 24.6 Å². The van der Waals surface area contributed by atoms with Crippen LogP contribution >= 0.6 is 11.3 Å². The van der Waals surface area contributed by atoms with Crippen LogP contribution < -0.4 is 5.32 Å². The van der Waals surface area contributed by atoms with E-state index in [4.69, 9.17) is 9.32 Å². The van der Waals surface area contributed by atoms with E-state index >= 15 is 0 Å². The Balaban J connectivity index is 0.000000253. The summed E-state index contributed by atoms with van der Waals surface area (Å²) in [5, 5.41) is 16.9. The summed E-state index contributed by atoms with van der Waals surface area (Å²) in [6.07, 6.45) is 1.01. The molecule has 3 heterocycles. The van der Waals surface area contributed by atoms with Gasteiger partial charge in [-0.15, -0.1) is 11.3 Å². The molecule has 0 bridgehead atoms. The Bertz CT molecular complexity index is 1160. The van der Waals surface area contributed by atoms with Gasteiger partial charge in [-0.25, -0.2) is 4.98 Å². The van der Waals surface area contributed by atoms with Crippen molar-refractivity contribution in [3.05, 3.63) is 58.6 Å². The summed E-state index contributed by atoms with van der Waals surface area (Å²) in [6.45, 7) is 14.8. The molecule has 1 amide bonds. The van der Waals surface area contributed by atoms with Crippen LogP contribution in [-0.4, -0.2) is 58.6 Å². The zero-order valence-corrected chi connectivity index (χ0v) is 25.3. The van der Waals surface area contributed by atoms with E-state index in [2.05, 4.69) is 53.6 Å². The minimum absolute atomic E-state index is 0.0306. The van der Waals surface area contributed by atoms with Gasteiger partial charge >= 0.3 is 0 Å². The van der Waals surface area contributed by atoms with Crippen molar-refractivity contribution in [1.82, 2.24) is 20.4 Å². The number of benzene rings is 1. The number of likely N-dealkylation sites (tertiary alicyclic amines) is 1. The van der Waals surface area contributed by atoms with Gasteiger partial charge in [-0.05, 0) is 57.2 Å². The molecule has 3 unspecified atom stereocenters. The molecule has 0 aliphatic carbocycles. The number of amides is 1. The lowest BCUT2D eigenvalue weighted by Gasteiger charge is -2.23. The lowest BCUT2D eigenvalue weighted by Crippen LogP contribution is -2.35. The molecular formula is C30H44N4O4S. The Morgan fingerprint density at radius 2 is 1.85 bits per heavy atom. The number of hydrogen-bond acceptors (Lipinski definition) is 8. The van der Waals surface area contributed by atoms with Crippen molar-refractivity contribution in [2.24, 2.45) is 5.92 Å². The summed E-state index contributed by atoms with van der Waals surface area (Å²) in [4.78, 5) is 28.7. The van der Waals surface area contributed by atoms with E-state index in [1.807, 2.05) is 46.3 Å². The first kappa shape index (κ1) is 32.3. The fourth-order valence-electron chi connectivity index (χ4n) is 4.27. The molecule has 3 atom stereocenters. The highest BCUT2D eigenvalue weighted by atomic mass is 32.1. The number of carbonyl (C=O) groups excluding carboxylic acids is 2. The Hall–Kier alpha value is -2.88. The Morgan fingerprint density at radius 3 is 2.28 bits per heavy atom. The number of thiazole rings is 1. The molecule has 1 saturated heterocycles. The van der Waals surface area contributed by atoms with Gasteiger partial charge in [-0.2, -0.15) is 0 Å². The molecule has 214 valence electrons. The number of aldehydes is 1. The van der Waals surface area contributed by atoms with Crippen LogP contribution in [0.1, 0.15) is 88.6 Å². The maximum atomic E-state index is 12.6. The molecule has 2 N–H and O–H groups in total. The zero-order chi connectivity index (χ0) is 29.1. The number of nitrogens with zero attached hydrogens (tertiary/aromatic N) is 3. The van der Waals surface area contributed by atoms with Crippen molar-refractivity contribution in [1.29, 1.82) is 0 Å². The minimum Gasteiger partial charge on any atom is -0.391 e. The summed E-state index contributed by atoms with van der Waals surface area (Å²) in [7, 11) is 1.98. The molecule has 1 aromatic carbocycles. The fraction of sp³-hybridized carbons (Fsp3) is 0.533. The summed E-state index contributed by atoms with van der Waals surface area (Å²) < 4.78 is 5.40. The van der Waals surface area contributed by atoms with Crippen LogP contribution in [0.15, 0.2) is 40.4 Å². The summed E-state index contributed by atoms with van der Waals surface area (Å²) in [5.74, 6) is 0.760. The van der Waals surface area contributed by atoms with Crippen LogP contribution in [0.4, 0.5) is 0 Å². The van der Waals surface area contributed by atoms with Gasteiger partial charge in [0.15, 0.2) is 0 Å². The normalized spacial score (nSPS) is 16.3. The van der Waals surface area contributed by atoms with E-state index < -0.39 is 6.10 Å². The first-order valence-corrected chi connectivity index (χ1v) is 14.4. The predicted octanol–water partition coefficient (Wildman–Crippen LogP) is 5.73. The Kier molecular flexibility index (Phi) is 13.0. The minimum atomic E-state index is -0.396. The second kappa shape index (κ2) is 15.6. The number of β-amino-alcohol motifs (C(OH)–C–C–N with tert-alkyl or cyclic N) is 1. The lowest BCUT2D eigenvalue weighted by atomic mass is 9.91. The van der Waals surface area contributed by atoms with Crippen LogP contribution in [0.3, 0.4) is 0 Å². The molecule has 4 rings (SSSR count). The van der Waals surface area contributed by atoms with Crippen molar-refractivity contribution in [2.75, 3.05) is 20.1 Å². The van der Waals surface area contributed by atoms with E-state index in [1.54, 1.807) is 16.2 Å². The molecule has 39 heavy (non-hydrogen) atoms. The van der Waals surface area contributed by atoms with E-state index in [-0.39, 0.29) is 23.7 Å². The highest BCUT2D eigenvalue weighted by Crippen LogP contribution is 2.30. The van der Waals surface area contributed by atoms with Crippen molar-refractivity contribution in [3.8, 4) is 10.4 Å². The molecular weight excluding hydrogens is 512 g/mol. The SMILES string of the molecule is CC(C)c1cc(C(C(=O)N2CCC(O)C2)C(C)C)on1.CC=O.CNC(C)c1ccc(-c2scnc2C)cc1. The molecule has 1 fully saturated rings. The average molecular weight is 557 g/mol. The number of carbonyl (C=O) groups is 2. The summed E-state index contributed by atoms with van der Waals surface area (Å²) in [5.41, 5.74) is 6.45. The monoisotopic (exact) mass is 556 g/mol. The van der Waals surface area contributed by atoms with Crippen LogP contribution in [0.25, 0.3) is 10.4 Å². The summed E-state index contributed by atoms with van der Waals surface area (Å²) >= 11 is 1.70. The second-order valence-corrected chi connectivity index (χ2v) is 11.2. The van der Waals surface area contributed by atoms with Gasteiger partial charge in [0.05, 0.1) is 27.9 Å². The maximum absolute atomic E-state index is 12.6. The van der Waals surface area contributed by atoms with Crippen LogP contribution in [-0.2, 0) is 9.59 Å². The van der Waals surface area contributed by atoms with Crippen molar-refractivity contribution in [2.45, 2.75) is 78.9 Å². The second-order valence-electron chi connectivity index (χ2n) is 10.4. The molecule has 2 aromatic heterocycles. The molecule has 1 aliphatic heterocycles. The van der Waals surface area contributed by atoms with Gasteiger partial charge in [0, 0.05) is 25.2 Å². The largest absolute Gasteiger partial charge is 0.391 e. The summed E-state index contributed by atoms with van der Waals surface area (Å²) in [6, 6.07) is 11.0. The first-order valence-electron chi connectivity index (χ1n) is 13.5. The highest BCUT2D eigenvalue weighted by Gasteiger charge is 2.35. The van der Waals surface area contributed by atoms with E-state index in [0.29, 0.717) is 31.3 Å². The van der Waals surface area contributed by atoms with E-state index in [1.165, 1.54) is 22.9 Å². The molecule has 8 nitrogen and oxygen atoms in total. The highest BCUT2D eigenvalue weighted by molar-refractivity contribution is 7.13. The van der Waals surface area contributed by atoms with Crippen LogP contribution in [0, 0.1) is 12.8 Å². The van der Waals surface area contributed by atoms with Gasteiger partial charge in [0.1, 0.15) is 18.0 Å². The van der Waals surface area contributed by atoms with E-state index in [0.717, 1.165) is 17.7 Å². The molecule has 1 aliphatic rings. The quantitative estimate of drug-likeness (QED) is 0.358. The van der Waals surface area contributed by atoms with Gasteiger partial charge in [0.2, 0.25) is 5.91 Å². The van der Waals surface area contributed by atoms with Gasteiger partial charge in [-0.1, -0.05) is 57.1 Å². The number of rotatable bonds is 7. The van der Waals surface area contributed by atoms with Crippen molar-refractivity contribution >= 4 is 23.5 Å². The topological polar surface area (TPSA) is 109 Å². The molecule has 0 radical (unpaired) electrons. The number of aliphatic hydroxyl groups is 1. The molecule has 0 saturated carbocycles. The van der Waals surface area contributed by atoms with Crippen LogP contribution in [0.2, 0.25) is 0 Å². The standard InChI is InChI=1S/C15H24N2O3.C13H16N2S.C2H4O/c1-9(2)12-7-13(20-16-12)14(10(3)4)15(19)17-6-5-11(18)8-17;1-9(14-3)11-4-6-12(7-5-11)13-10(2)15-8-16-13;1-2-3/h7,9-11,14,18H,5-6,8H2,1-4H3;4-9,14H,1-3H3;2H,1H3. The Labute approximate surface area is 236 Å². The van der Waals surface area contributed by atoms with Crippen molar-refractivity contribution in [3.63, 3.8) is 0 Å². The molecule has 0 spiro atoms. The number of hydrogen-bond donors (Lipinski definition) is 2. The third-order valence-corrected chi connectivity index (χ3v) is 7.68. The first-order chi connectivity index (χ1) is 18.5. The number of aryl methyl sites for hydroxylation is 1. The van der Waals surface area contributed by atoms with Crippen LogP contribution in [0.5, 0.6) is 0 Å². The van der Waals surface area contributed by atoms with Crippen molar-refractivity contribution < 1.29 is 19.2 Å². The maximum Gasteiger partial charge on any atom is 0.233 e. The molecule has 3 aromatic rings. The third kappa shape index (κ3) is 9.08. The number of nitrogens with one attached hydrogen (secondary N) is 1. The van der Waals surface area contributed by atoms with E-state index in [9.17, 15) is 9.90 Å². The average Bonchev–Trinajstić information content (AvgIpc) is 3.66. The Morgan fingerprint density at radius 1 is 1.21 bits per heavy atom. The predicted molar refractivity (Wildman–Crippen MR) is 157 cm³/mol. The lowest BCUT2D eigenvalue weighted by molar-refractivity contribution is -0.133. The smallest absolute Gasteiger partial charge is 0.233 e. The van der Waals surface area contributed by atoms with Gasteiger partial charge in [0.25, 0.3) is 0 Å². The number of aliphatic hydroxyl groups excluding tert-OH is 1. The number of aromatic nitrogens is 2. The fourth-order valence-corrected chi connectivity index (χ4v) is 5.08. The molecule has 9 heteroatoms. The third-order valence-electron chi connectivity index (χ3n) is 6.70. The van der Waals surface area contributed by atoms with Gasteiger partial charge in [-0.3, -0.25) is 4.79 Å².